The summed E-state index contributed by atoms with van der Waals surface area (Å²) in [6.45, 7) is 0.828. The van der Waals surface area contributed by atoms with Gasteiger partial charge in [-0.25, -0.2) is 4.79 Å². The molecule has 2 rings (SSSR count). The highest BCUT2D eigenvalue weighted by atomic mass is 16.4. The van der Waals surface area contributed by atoms with Crippen LogP contribution in [0.4, 0.5) is 4.79 Å². The molecule has 0 saturated carbocycles. The van der Waals surface area contributed by atoms with Gasteiger partial charge in [0.2, 0.25) is 0 Å². The van der Waals surface area contributed by atoms with E-state index in [-0.39, 0.29) is 5.75 Å². The van der Waals surface area contributed by atoms with Gasteiger partial charge in [-0.1, -0.05) is 0 Å². The fraction of sp³-hybridized carbons (Fsp3) is 0.308. The fourth-order valence-electron chi connectivity index (χ4n) is 1.99. The van der Waals surface area contributed by atoms with Gasteiger partial charge in [0.1, 0.15) is 5.75 Å². The van der Waals surface area contributed by atoms with Gasteiger partial charge in [0, 0.05) is 18.1 Å². The second-order valence-electron chi connectivity index (χ2n) is 4.56. The number of carboxylic acid groups (broad SMARTS) is 1. The Hall–Kier alpha value is -2.01. The van der Waals surface area contributed by atoms with E-state index in [1.54, 1.807) is 18.3 Å². The molecule has 0 amide bonds. The number of nitrogens with zero attached hydrogens (tertiary/aromatic N) is 2. The maximum atomic E-state index is 11.1. The maximum Gasteiger partial charge on any atom is 0.416 e. The van der Waals surface area contributed by atoms with Crippen molar-refractivity contribution in [2.24, 2.45) is 0 Å². The van der Waals surface area contributed by atoms with Gasteiger partial charge in [0.05, 0.1) is 5.52 Å². The Morgan fingerprint density at radius 3 is 2.72 bits per heavy atom. The molecule has 0 radical (unpaired) electrons. The Balaban J connectivity index is 2.51. The van der Waals surface area contributed by atoms with Crippen LogP contribution in [-0.4, -0.2) is 46.4 Å². The fourth-order valence-corrected chi connectivity index (χ4v) is 1.99. The molecule has 0 aliphatic heterocycles. The van der Waals surface area contributed by atoms with Crippen LogP contribution in [0.2, 0.25) is 0 Å². The molecule has 0 unspecified atom stereocenters. The number of hydrogen-bond donors (Lipinski definition) is 2. The molecule has 1 aromatic carbocycles. The Morgan fingerprint density at radius 1 is 1.39 bits per heavy atom. The summed E-state index contributed by atoms with van der Waals surface area (Å²) >= 11 is 0. The molecule has 0 spiro atoms. The quantitative estimate of drug-likeness (QED) is 0.871. The zero-order chi connectivity index (χ0) is 13.3. The number of likely N-dealkylation sites (N-methyl/N-ethyl adjacent to an activating group) is 1. The lowest BCUT2D eigenvalue weighted by atomic mass is 10.1. The summed E-state index contributed by atoms with van der Waals surface area (Å²) in [6.07, 6.45) is 1.35. The average molecular weight is 248 g/mol. The van der Waals surface area contributed by atoms with Gasteiger partial charge in [-0.05, 0) is 44.3 Å². The summed E-state index contributed by atoms with van der Waals surface area (Å²) in [5, 5.41) is 19.4. The highest BCUT2D eigenvalue weighted by molar-refractivity contribution is 5.92. The van der Waals surface area contributed by atoms with Crippen LogP contribution in [0.25, 0.3) is 10.9 Å². The lowest BCUT2D eigenvalue weighted by Gasteiger charge is -2.08. The average Bonchev–Trinajstić information content (AvgIpc) is 2.64. The van der Waals surface area contributed by atoms with E-state index < -0.39 is 6.09 Å². The van der Waals surface area contributed by atoms with Crippen LogP contribution in [0.5, 0.6) is 5.75 Å². The van der Waals surface area contributed by atoms with Crippen molar-refractivity contribution in [2.45, 2.75) is 6.42 Å². The molecule has 0 saturated heterocycles. The number of hydrogen-bond acceptors (Lipinski definition) is 3. The van der Waals surface area contributed by atoms with E-state index in [9.17, 15) is 9.90 Å². The van der Waals surface area contributed by atoms with Crippen molar-refractivity contribution in [2.75, 3.05) is 20.6 Å². The number of phenols is 1. The monoisotopic (exact) mass is 248 g/mol. The first-order chi connectivity index (χ1) is 8.49. The zero-order valence-electron chi connectivity index (χ0n) is 10.4. The molecule has 0 aliphatic rings. The van der Waals surface area contributed by atoms with Crippen LogP contribution in [-0.2, 0) is 6.42 Å². The van der Waals surface area contributed by atoms with Crippen LogP contribution in [0.3, 0.4) is 0 Å². The molecule has 2 aromatic rings. The summed E-state index contributed by atoms with van der Waals surface area (Å²) in [7, 11) is 3.93. The molecule has 96 valence electrons. The lowest BCUT2D eigenvalue weighted by Crippen LogP contribution is -2.15. The van der Waals surface area contributed by atoms with Gasteiger partial charge in [0.25, 0.3) is 0 Å². The first kappa shape index (κ1) is 12.4. The lowest BCUT2D eigenvalue weighted by molar-refractivity contribution is 0.197. The van der Waals surface area contributed by atoms with Crippen LogP contribution in [0.1, 0.15) is 5.56 Å². The van der Waals surface area contributed by atoms with Crippen LogP contribution in [0.15, 0.2) is 24.4 Å². The molecule has 5 heteroatoms. The van der Waals surface area contributed by atoms with E-state index in [1.807, 2.05) is 19.0 Å². The molecule has 5 nitrogen and oxygen atoms in total. The summed E-state index contributed by atoms with van der Waals surface area (Å²) in [6, 6.07) is 4.73. The largest absolute Gasteiger partial charge is 0.508 e. The highest BCUT2D eigenvalue weighted by Gasteiger charge is 2.13. The number of aromatic hydroxyl groups is 1. The number of phenolic OH excluding ortho intramolecular Hbond substituents is 1. The Labute approximate surface area is 105 Å². The molecule has 0 bridgehead atoms. The first-order valence-electron chi connectivity index (χ1n) is 5.70. The zero-order valence-corrected chi connectivity index (χ0v) is 10.4. The third-order valence-electron chi connectivity index (χ3n) is 2.91. The van der Waals surface area contributed by atoms with Crippen molar-refractivity contribution < 1.29 is 15.0 Å². The standard InChI is InChI=1S/C13H16N2O3/c1-14(2)6-5-9-8-15(13(17)18)12-4-3-10(16)7-11(9)12/h3-4,7-8,16H,5-6H2,1-2H3,(H,17,18). The molecule has 0 aliphatic carbocycles. The Morgan fingerprint density at radius 2 is 2.11 bits per heavy atom. The Bertz CT molecular complexity index is 587. The van der Waals surface area contributed by atoms with Gasteiger partial charge in [0.15, 0.2) is 0 Å². The van der Waals surface area contributed by atoms with Gasteiger partial charge >= 0.3 is 6.09 Å². The van der Waals surface area contributed by atoms with E-state index in [4.69, 9.17) is 5.11 Å². The second kappa shape index (κ2) is 4.70. The summed E-state index contributed by atoms with van der Waals surface area (Å²) in [5.74, 6) is 0.150. The molecule has 18 heavy (non-hydrogen) atoms. The predicted octanol–water partition coefficient (Wildman–Crippen LogP) is 1.98. The molecule has 1 aromatic heterocycles. The number of fused-ring (bicyclic) bond motifs is 1. The minimum absolute atomic E-state index is 0.150. The van der Waals surface area contributed by atoms with Crippen molar-refractivity contribution >= 4 is 17.0 Å². The van der Waals surface area contributed by atoms with Crippen molar-refractivity contribution in [1.82, 2.24) is 9.47 Å². The summed E-state index contributed by atoms with van der Waals surface area (Å²) < 4.78 is 1.19. The van der Waals surface area contributed by atoms with Gasteiger partial charge in [-0.2, -0.15) is 0 Å². The molecule has 0 atom stereocenters. The molecular formula is C13H16N2O3. The van der Waals surface area contributed by atoms with Gasteiger partial charge < -0.3 is 15.1 Å². The minimum atomic E-state index is -1.01. The topological polar surface area (TPSA) is 65.7 Å². The normalized spacial score (nSPS) is 11.3. The SMILES string of the molecule is CN(C)CCc1cn(C(=O)O)c2ccc(O)cc12. The third kappa shape index (κ3) is 2.31. The van der Waals surface area contributed by atoms with E-state index in [2.05, 4.69) is 0 Å². The van der Waals surface area contributed by atoms with Gasteiger partial charge in [-0.15, -0.1) is 0 Å². The minimum Gasteiger partial charge on any atom is -0.508 e. The van der Waals surface area contributed by atoms with Crippen molar-refractivity contribution in [3.8, 4) is 5.75 Å². The summed E-state index contributed by atoms with van der Waals surface area (Å²) in [4.78, 5) is 13.2. The molecular weight excluding hydrogens is 232 g/mol. The van der Waals surface area contributed by atoms with Crippen LogP contribution >= 0.6 is 0 Å². The van der Waals surface area contributed by atoms with Crippen LogP contribution < -0.4 is 0 Å². The third-order valence-corrected chi connectivity index (χ3v) is 2.91. The Kier molecular flexibility index (Phi) is 3.25. The van der Waals surface area contributed by atoms with E-state index in [0.717, 1.165) is 23.9 Å². The van der Waals surface area contributed by atoms with Crippen LogP contribution in [0, 0.1) is 0 Å². The molecule has 2 N–H and O–H groups in total. The number of aromatic nitrogens is 1. The van der Waals surface area contributed by atoms with E-state index in [1.165, 1.54) is 10.6 Å². The number of rotatable bonds is 3. The van der Waals surface area contributed by atoms with Crippen molar-refractivity contribution in [3.63, 3.8) is 0 Å². The van der Waals surface area contributed by atoms with E-state index >= 15 is 0 Å². The maximum absolute atomic E-state index is 11.1. The first-order valence-corrected chi connectivity index (χ1v) is 5.70. The second-order valence-corrected chi connectivity index (χ2v) is 4.56. The van der Waals surface area contributed by atoms with Gasteiger partial charge in [-0.3, -0.25) is 4.57 Å². The number of carbonyl (C=O) groups is 1. The predicted molar refractivity (Wildman–Crippen MR) is 69.3 cm³/mol. The smallest absolute Gasteiger partial charge is 0.416 e. The van der Waals surface area contributed by atoms with Crippen molar-refractivity contribution in [3.05, 3.63) is 30.0 Å². The van der Waals surface area contributed by atoms with E-state index in [0.29, 0.717) is 5.52 Å². The molecule has 1 heterocycles. The van der Waals surface area contributed by atoms with Crippen molar-refractivity contribution in [1.29, 1.82) is 0 Å². The summed E-state index contributed by atoms with van der Waals surface area (Å²) in [5.41, 5.74) is 1.53. The highest BCUT2D eigenvalue weighted by Crippen LogP contribution is 2.25. The molecule has 0 fully saturated rings. The number of benzene rings is 1.